The number of pyridine rings is 1. The molecule has 86 valence electrons. The average Bonchev–Trinajstić information content (AvgIpc) is 2.31. The van der Waals surface area contributed by atoms with Gasteiger partial charge in [-0.3, -0.25) is 4.79 Å². The summed E-state index contributed by atoms with van der Waals surface area (Å²) in [5, 5.41) is 8.81. The van der Waals surface area contributed by atoms with E-state index in [9.17, 15) is 14.0 Å². The van der Waals surface area contributed by atoms with Gasteiger partial charge in [0.15, 0.2) is 0 Å². The number of H-pyrrole nitrogens is 1. The minimum atomic E-state index is -1.13. The first-order chi connectivity index (χ1) is 8.08. The van der Waals surface area contributed by atoms with Crippen LogP contribution in [0.2, 0.25) is 0 Å². The van der Waals surface area contributed by atoms with Gasteiger partial charge >= 0.3 is 5.97 Å². The number of aromatic carboxylic acids is 1. The normalized spacial score (nSPS) is 10.2. The molecule has 0 aliphatic carbocycles. The molecule has 5 heteroatoms. The molecule has 0 saturated carbocycles. The van der Waals surface area contributed by atoms with Crippen LogP contribution in [0.15, 0.2) is 41.3 Å². The highest BCUT2D eigenvalue weighted by atomic mass is 19.1. The summed E-state index contributed by atoms with van der Waals surface area (Å²) in [5.41, 5.74) is 0.252. The number of carbonyl (C=O) groups is 1. The minimum Gasteiger partial charge on any atom is -0.478 e. The Labute approximate surface area is 95.4 Å². The fraction of sp³-hybridized carbons (Fsp3) is 0. The topological polar surface area (TPSA) is 70.2 Å². The molecule has 0 atom stereocenters. The van der Waals surface area contributed by atoms with Crippen molar-refractivity contribution >= 4 is 5.97 Å². The van der Waals surface area contributed by atoms with Crippen LogP contribution in [0.3, 0.4) is 0 Å². The number of carboxylic acid groups (broad SMARTS) is 1. The predicted molar refractivity (Wildman–Crippen MR) is 59.4 cm³/mol. The van der Waals surface area contributed by atoms with Crippen LogP contribution in [0.5, 0.6) is 0 Å². The highest BCUT2D eigenvalue weighted by molar-refractivity contribution is 5.89. The third-order valence-electron chi connectivity index (χ3n) is 2.31. The van der Waals surface area contributed by atoms with Crippen molar-refractivity contribution in [3.05, 3.63) is 58.3 Å². The quantitative estimate of drug-likeness (QED) is 0.831. The van der Waals surface area contributed by atoms with Crippen molar-refractivity contribution < 1.29 is 14.3 Å². The Kier molecular flexibility index (Phi) is 2.74. The van der Waals surface area contributed by atoms with Gasteiger partial charge in [0.25, 0.3) is 0 Å². The number of aromatic nitrogens is 1. The monoisotopic (exact) mass is 233 g/mol. The highest BCUT2D eigenvalue weighted by Crippen LogP contribution is 2.22. The number of rotatable bonds is 2. The van der Waals surface area contributed by atoms with Gasteiger partial charge in [-0.2, -0.15) is 0 Å². The lowest BCUT2D eigenvalue weighted by Gasteiger charge is -2.04. The summed E-state index contributed by atoms with van der Waals surface area (Å²) in [4.78, 5) is 24.0. The van der Waals surface area contributed by atoms with Gasteiger partial charge in [0.2, 0.25) is 5.56 Å². The zero-order valence-electron chi connectivity index (χ0n) is 8.61. The van der Waals surface area contributed by atoms with E-state index in [1.807, 2.05) is 0 Å². The van der Waals surface area contributed by atoms with Crippen LogP contribution < -0.4 is 5.56 Å². The van der Waals surface area contributed by atoms with Gasteiger partial charge in [-0.25, -0.2) is 9.18 Å². The van der Waals surface area contributed by atoms with Gasteiger partial charge in [0, 0.05) is 23.4 Å². The molecule has 0 fully saturated rings. The van der Waals surface area contributed by atoms with E-state index in [0.29, 0.717) is 5.56 Å². The van der Waals surface area contributed by atoms with E-state index in [1.54, 1.807) is 0 Å². The molecule has 4 nitrogen and oxygen atoms in total. The average molecular weight is 233 g/mol. The summed E-state index contributed by atoms with van der Waals surface area (Å²) in [6.07, 6.45) is 1.34. The minimum absolute atomic E-state index is 0.00685. The van der Waals surface area contributed by atoms with Crippen molar-refractivity contribution in [2.45, 2.75) is 0 Å². The highest BCUT2D eigenvalue weighted by Gasteiger charge is 2.10. The third kappa shape index (κ3) is 2.23. The van der Waals surface area contributed by atoms with E-state index in [2.05, 4.69) is 4.98 Å². The van der Waals surface area contributed by atoms with Crippen molar-refractivity contribution in [3.8, 4) is 11.1 Å². The second-order valence-electron chi connectivity index (χ2n) is 3.44. The first-order valence-corrected chi connectivity index (χ1v) is 4.80. The third-order valence-corrected chi connectivity index (χ3v) is 2.31. The van der Waals surface area contributed by atoms with Gasteiger partial charge < -0.3 is 10.1 Å². The second-order valence-corrected chi connectivity index (χ2v) is 3.44. The van der Waals surface area contributed by atoms with Crippen LogP contribution in [0, 0.1) is 5.82 Å². The zero-order valence-corrected chi connectivity index (χ0v) is 8.61. The fourth-order valence-corrected chi connectivity index (χ4v) is 1.46. The lowest BCUT2D eigenvalue weighted by molar-refractivity contribution is 0.0697. The maximum Gasteiger partial charge on any atom is 0.335 e. The lowest BCUT2D eigenvalue weighted by Crippen LogP contribution is -2.02. The first kappa shape index (κ1) is 11.1. The summed E-state index contributed by atoms with van der Waals surface area (Å²) in [7, 11) is 0. The maximum atomic E-state index is 13.5. The largest absolute Gasteiger partial charge is 0.478 e. The Balaban J connectivity index is 2.57. The van der Waals surface area contributed by atoms with Crippen molar-refractivity contribution in [2.24, 2.45) is 0 Å². The standard InChI is InChI=1S/C12H8FNO3/c13-10-3-1-7(12(16)17)5-9(10)8-2-4-11(15)14-6-8/h1-6H,(H,14,15)(H,16,17). The molecule has 1 aromatic carbocycles. The Hall–Kier alpha value is -2.43. The number of halogens is 1. The molecule has 0 saturated heterocycles. The van der Waals surface area contributed by atoms with Gasteiger partial charge in [-0.15, -0.1) is 0 Å². The van der Waals surface area contributed by atoms with Gasteiger partial charge in [-0.1, -0.05) is 0 Å². The number of aromatic amines is 1. The predicted octanol–water partition coefficient (Wildman–Crippen LogP) is 1.88. The van der Waals surface area contributed by atoms with E-state index >= 15 is 0 Å². The Morgan fingerprint density at radius 2 is 2.00 bits per heavy atom. The molecule has 0 spiro atoms. The fourth-order valence-electron chi connectivity index (χ4n) is 1.46. The molecular formula is C12H8FNO3. The van der Waals surface area contributed by atoms with Crippen molar-refractivity contribution in [3.63, 3.8) is 0 Å². The lowest BCUT2D eigenvalue weighted by atomic mass is 10.0. The van der Waals surface area contributed by atoms with Gasteiger partial charge in [-0.05, 0) is 24.3 Å². The molecule has 0 aliphatic heterocycles. The van der Waals surface area contributed by atoms with Crippen LogP contribution >= 0.6 is 0 Å². The number of carboxylic acids is 1. The number of nitrogens with one attached hydrogen (secondary N) is 1. The maximum absolute atomic E-state index is 13.5. The van der Waals surface area contributed by atoms with Gasteiger partial charge in [0.1, 0.15) is 5.82 Å². The molecule has 0 bridgehead atoms. The van der Waals surface area contributed by atoms with Gasteiger partial charge in [0.05, 0.1) is 5.56 Å². The van der Waals surface area contributed by atoms with Crippen molar-refractivity contribution in [1.82, 2.24) is 4.98 Å². The summed E-state index contributed by atoms with van der Waals surface area (Å²) < 4.78 is 13.5. The molecule has 0 radical (unpaired) electrons. The molecule has 1 heterocycles. The van der Waals surface area contributed by atoms with E-state index in [-0.39, 0.29) is 16.7 Å². The number of benzene rings is 1. The molecule has 2 N–H and O–H groups in total. The molecule has 0 unspecified atom stereocenters. The van der Waals surface area contributed by atoms with Crippen molar-refractivity contribution in [1.29, 1.82) is 0 Å². The second kappa shape index (κ2) is 4.21. The van der Waals surface area contributed by atoms with Crippen LogP contribution in [-0.2, 0) is 0 Å². The zero-order chi connectivity index (χ0) is 12.4. The summed E-state index contributed by atoms with van der Waals surface area (Å²) >= 11 is 0. The molecular weight excluding hydrogens is 225 g/mol. The van der Waals surface area contributed by atoms with Crippen molar-refractivity contribution in [2.75, 3.05) is 0 Å². The van der Waals surface area contributed by atoms with E-state index in [1.165, 1.54) is 30.5 Å². The summed E-state index contributed by atoms with van der Waals surface area (Å²) in [6, 6.07) is 6.19. The molecule has 0 aliphatic rings. The molecule has 2 rings (SSSR count). The van der Waals surface area contributed by atoms with E-state index in [4.69, 9.17) is 5.11 Å². The summed E-state index contributed by atoms with van der Waals surface area (Å²) in [5.74, 6) is -1.67. The molecule has 0 amide bonds. The molecule has 17 heavy (non-hydrogen) atoms. The smallest absolute Gasteiger partial charge is 0.335 e. The number of hydrogen-bond donors (Lipinski definition) is 2. The SMILES string of the molecule is O=C(O)c1ccc(F)c(-c2ccc(=O)[nH]c2)c1. The summed E-state index contributed by atoms with van der Waals surface area (Å²) in [6.45, 7) is 0. The Morgan fingerprint density at radius 3 is 2.59 bits per heavy atom. The molecule has 1 aromatic heterocycles. The number of hydrogen-bond acceptors (Lipinski definition) is 2. The van der Waals surface area contributed by atoms with Crippen LogP contribution in [0.25, 0.3) is 11.1 Å². The van der Waals surface area contributed by atoms with E-state index in [0.717, 1.165) is 6.07 Å². The van der Waals surface area contributed by atoms with Crippen LogP contribution in [-0.4, -0.2) is 16.1 Å². The molecule has 2 aromatic rings. The van der Waals surface area contributed by atoms with E-state index < -0.39 is 11.8 Å². The first-order valence-electron chi connectivity index (χ1n) is 4.80. The van der Waals surface area contributed by atoms with Crippen LogP contribution in [0.4, 0.5) is 4.39 Å². The Bertz CT molecular complexity index is 613. The Morgan fingerprint density at radius 1 is 1.24 bits per heavy atom. The van der Waals surface area contributed by atoms with Crippen LogP contribution in [0.1, 0.15) is 10.4 Å².